The van der Waals surface area contributed by atoms with Crippen molar-refractivity contribution >= 4 is 11.6 Å². The number of nitrogens with two attached hydrogens (primary N) is 1. The highest BCUT2D eigenvalue weighted by Crippen LogP contribution is 2.29. The third kappa shape index (κ3) is 3.96. The van der Waals surface area contributed by atoms with Crippen molar-refractivity contribution in [2.24, 2.45) is 11.7 Å². The van der Waals surface area contributed by atoms with Crippen LogP contribution in [0.3, 0.4) is 0 Å². The van der Waals surface area contributed by atoms with Crippen LogP contribution in [-0.2, 0) is 11.2 Å². The lowest BCUT2D eigenvalue weighted by atomic mass is 10.1. The molecule has 0 aliphatic carbocycles. The second-order valence-electron chi connectivity index (χ2n) is 4.86. The van der Waals surface area contributed by atoms with Gasteiger partial charge in [0.2, 0.25) is 5.91 Å². The van der Waals surface area contributed by atoms with E-state index in [-0.39, 0.29) is 11.8 Å². The number of hydrogen-bond acceptors (Lipinski definition) is 3. The molecule has 0 spiro atoms. The molecule has 0 fully saturated rings. The second-order valence-corrected chi connectivity index (χ2v) is 4.86. The number of methoxy groups -OCH3 is 1. The van der Waals surface area contributed by atoms with E-state index in [0.717, 1.165) is 12.1 Å². The van der Waals surface area contributed by atoms with Crippen LogP contribution in [0.1, 0.15) is 25.8 Å². The van der Waals surface area contributed by atoms with Gasteiger partial charge in [0, 0.05) is 13.5 Å². The molecule has 1 rings (SSSR count). The number of nitrogens with zero attached hydrogens (tertiary/aromatic N) is 1. The zero-order valence-corrected chi connectivity index (χ0v) is 12.3. The Kier molecular flexibility index (Phi) is 5.83. The highest BCUT2D eigenvalue weighted by atomic mass is 16.5. The van der Waals surface area contributed by atoms with E-state index >= 15 is 0 Å². The fraction of sp³-hybridized carbons (Fsp3) is 0.533. The van der Waals surface area contributed by atoms with E-state index in [1.54, 1.807) is 19.1 Å². The molecular formula is C15H24N2O2. The van der Waals surface area contributed by atoms with Crippen molar-refractivity contribution in [3.63, 3.8) is 0 Å². The molecule has 0 heterocycles. The maximum Gasteiger partial charge on any atom is 0.227 e. The summed E-state index contributed by atoms with van der Waals surface area (Å²) in [6.07, 6.45) is 1.38. The Morgan fingerprint density at radius 3 is 2.68 bits per heavy atom. The van der Waals surface area contributed by atoms with Gasteiger partial charge in [0.15, 0.2) is 0 Å². The first-order valence-corrected chi connectivity index (χ1v) is 6.67. The highest BCUT2D eigenvalue weighted by Gasteiger charge is 2.17. The SMILES string of the molecule is CCc1ccc(OC)c(N(C)C(=O)CC(C)CN)c1. The summed E-state index contributed by atoms with van der Waals surface area (Å²) in [5.41, 5.74) is 7.56. The van der Waals surface area contributed by atoms with Crippen LogP contribution in [0.2, 0.25) is 0 Å². The number of anilines is 1. The fourth-order valence-corrected chi connectivity index (χ4v) is 1.87. The van der Waals surface area contributed by atoms with E-state index in [9.17, 15) is 4.79 Å². The van der Waals surface area contributed by atoms with E-state index in [2.05, 4.69) is 6.92 Å². The summed E-state index contributed by atoms with van der Waals surface area (Å²) in [6.45, 7) is 4.58. The summed E-state index contributed by atoms with van der Waals surface area (Å²) >= 11 is 0. The summed E-state index contributed by atoms with van der Waals surface area (Å²) in [6, 6.07) is 5.93. The van der Waals surface area contributed by atoms with Crippen molar-refractivity contribution in [3.05, 3.63) is 23.8 Å². The van der Waals surface area contributed by atoms with Crippen LogP contribution in [0.4, 0.5) is 5.69 Å². The molecule has 19 heavy (non-hydrogen) atoms. The number of benzene rings is 1. The summed E-state index contributed by atoms with van der Waals surface area (Å²) in [5, 5.41) is 0. The average molecular weight is 264 g/mol. The maximum atomic E-state index is 12.2. The topological polar surface area (TPSA) is 55.6 Å². The molecule has 4 heteroatoms. The molecule has 0 saturated carbocycles. The number of carbonyl (C=O) groups excluding carboxylic acids is 1. The highest BCUT2D eigenvalue weighted by molar-refractivity contribution is 5.94. The monoisotopic (exact) mass is 264 g/mol. The normalized spacial score (nSPS) is 12.1. The third-order valence-electron chi connectivity index (χ3n) is 3.31. The molecule has 0 radical (unpaired) electrons. The Bertz CT molecular complexity index is 432. The number of ether oxygens (including phenoxy) is 1. The lowest BCUT2D eigenvalue weighted by molar-refractivity contribution is -0.119. The summed E-state index contributed by atoms with van der Waals surface area (Å²) < 4.78 is 5.33. The first kappa shape index (κ1) is 15.5. The minimum atomic E-state index is 0.0597. The van der Waals surface area contributed by atoms with Gasteiger partial charge >= 0.3 is 0 Å². The third-order valence-corrected chi connectivity index (χ3v) is 3.31. The summed E-state index contributed by atoms with van der Waals surface area (Å²) in [7, 11) is 3.40. The zero-order chi connectivity index (χ0) is 14.4. The van der Waals surface area contributed by atoms with Crippen molar-refractivity contribution in [3.8, 4) is 5.75 Å². The van der Waals surface area contributed by atoms with Gasteiger partial charge < -0.3 is 15.4 Å². The van der Waals surface area contributed by atoms with Crippen molar-refractivity contribution in [2.75, 3.05) is 25.6 Å². The van der Waals surface area contributed by atoms with Gasteiger partial charge in [-0.25, -0.2) is 0 Å². The number of hydrogen-bond donors (Lipinski definition) is 1. The Morgan fingerprint density at radius 2 is 2.16 bits per heavy atom. The molecule has 1 amide bonds. The van der Waals surface area contributed by atoms with Crippen LogP contribution in [0, 0.1) is 5.92 Å². The van der Waals surface area contributed by atoms with Gasteiger partial charge in [-0.2, -0.15) is 0 Å². The van der Waals surface area contributed by atoms with Crippen molar-refractivity contribution < 1.29 is 9.53 Å². The molecule has 106 valence electrons. The van der Waals surface area contributed by atoms with Crippen LogP contribution in [0.5, 0.6) is 5.75 Å². The molecule has 0 aromatic heterocycles. The molecule has 1 atom stereocenters. The first-order valence-electron chi connectivity index (χ1n) is 6.67. The number of rotatable bonds is 6. The van der Waals surface area contributed by atoms with Crippen LogP contribution in [0.15, 0.2) is 18.2 Å². The molecule has 2 N–H and O–H groups in total. The van der Waals surface area contributed by atoms with Crippen molar-refractivity contribution in [1.29, 1.82) is 0 Å². The van der Waals surface area contributed by atoms with Crippen LogP contribution in [0.25, 0.3) is 0 Å². The zero-order valence-electron chi connectivity index (χ0n) is 12.3. The van der Waals surface area contributed by atoms with Crippen LogP contribution < -0.4 is 15.4 Å². The Hall–Kier alpha value is -1.55. The van der Waals surface area contributed by atoms with Gasteiger partial charge in [0.05, 0.1) is 12.8 Å². The molecule has 0 aliphatic rings. The molecule has 0 aliphatic heterocycles. The summed E-state index contributed by atoms with van der Waals surface area (Å²) in [4.78, 5) is 13.9. The predicted octanol–water partition coefficient (Wildman–Crippen LogP) is 2.21. The number of aryl methyl sites for hydroxylation is 1. The van der Waals surface area contributed by atoms with E-state index in [1.165, 1.54) is 5.56 Å². The molecule has 4 nitrogen and oxygen atoms in total. The lowest BCUT2D eigenvalue weighted by Crippen LogP contribution is -2.29. The Morgan fingerprint density at radius 1 is 1.47 bits per heavy atom. The maximum absolute atomic E-state index is 12.2. The van der Waals surface area contributed by atoms with Gasteiger partial charge in [-0.15, -0.1) is 0 Å². The van der Waals surface area contributed by atoms with Gasteiger partial charge in [0.1, 0.15) is 5.75 Å². The van der Waals surface area contributed by atoms with Crippen molar-refractivity contribution in [1.82, 2.24) is 0 Å². The smallest absolute Gasteiger partial charge is 0.227 e. The average Bonchev–Trinajstić information content (AvgIpc) is 2.45. The molecule has 0 saturated heterocycles. The standard InChI is InChI=1S/C15H24N2O2/c1-5-12-6-7-14(19-4)13(9-12)17(3)15(18)8-11(2)10-16/h6-7,9,11H,5,8,10,16H2,1-4H3. The Balaban J connectivity index is 2.96. The summed E-state index contributed by atoms with van der Waals surface area (Å²) in [5.74, 6) is 0.966. The van der Waals surface area contributed by atoms with Gasteiger partial charge in [-0.05, 0) is 36.6 Å². The molecule has 0 bridgehead atoms. The molecule has 1 aromatic rings. The van der Waals surface area contributed by atoms with Gasteiger partial charge in [-0.3, -0.25) is 4.79 Å². The second kappa shape index (κ2) is 7.14. The van der Waals surface area contributed by atoms with Crippen LogP contribution in [-0.4, -0.2) is 26.6 Å². The quantitative estimate of drug-likeness (QED) is 0.857. The van der Waals surface area contributed by atoms with E-state index in [1.807, 2.05) is 25.1 Å². The molecule has 1 unspecified atom stereocenters. The van der Waals surface area contributed by atoms with E-state index < -0.39 is 0 Å². The lowest BCUT2D eigenvalue weighted by Gasteiger charge is -2.22. The predicted molar refractivity (Wildman–Crippen MR) is 78.6 cm³/mol. The minimum absolute atomic E-state index is 0.0597. The number of carbonyl (C=O) groups is 1. The van der Waals surface area contributed by atoms with Gasteiger partial charge in [-0.1, -0.05) is 19.9 Å². The first-order chi connectivity index (χ1) is 9.03. The minimum Gasteiger partial charge on any atom is -0.495 e. The van der Waals surface area contributed by atoms with E-state index in [0.29, 0.717) is 18.7 Å². The van der Waals surface area contributed by atoms with Crippen molar-refractivity contribution in [2.45, 2.75) is 26.7 Å². The van der Waals surface area contributed by atoms with E-state index in [4.69, 9.17) is 10.5 Å². The Labute approximate surface area is 115 Å². The fourth-order valence-electron chi connectivity index (χ4n) is 1.87. The largest absolute Gasteiger partial charge is 0.495 e. The molecular weight excluding hydrogens is 240 g/mol. The molecule has 1 aromatic carbocycles. The number of amides is 1. The van der Waals surface area contributed by atoms with Crippen LogP contribution >= 0.6 is 0 Å². The van der Waals surface area contributed by atoms with Gasteiger partial charge in [0.25, 0.3) is 0 Å².